The molecule has 8 nitrogen and oxygen atoms in total. The number of fused-ring (bicyclic) bond motifs is 13. The van der Waals surface area contributed by atoms with Gasteiger partial charge in [0, 0.05) is 63.7 Å². The molecule has 0 unspecified atom stereocenters. The van der Waals surface area contributed by atoms with Crippen LogP contribution in [0.3, 0.4) is 0 Å². The molecule has 10 aromatic rings. The number of nitrogens with zero attached hydrogens (tertiary/aromatic N) is 8. The van der Waals surface area contributed by atoms with Gasteiger partial charge in [-0.15, -0.1) is 45.3 Å². The zero-order valence-corrected chi connectivity index (χ0v) is 38.5. The zero-order valence-electron chi connectivity index (χ0n) is 33.6. The summed E-state index contributed by atoms with van der Waals surface area (Å²) in [6.07, 6.45) is 3.01. The van der Waals surface area contributed by atoms with Crippen molar-refractivity contribution >= 4 is 133 Å². The van der Waals surface area contributed by atoms with Gasteiger partial charge in [0.2, 0.25) is 0 Å². The van der Waals surface area contributed by atoms with Gasteiger partial charge in [0.25, 0.3) is 0 Å². The highest BCUT2D eigenvalue weighted by molar-refractivity contribution is 7.32. The Labute approximate surface area is 386 Å². The number of hydrogen-bond acceptors (Lipinski definition) is 14. The van der Waals surface area contributed by atoms with Gasteiger partial charge < -0.3 is 0 Å². The molecule has 2 aliphatic rings. The Bertz CT molecular complexity index is 3770. The van der Waals surface area contributed by atoms with Gasteiger partial charge in [0.1, 0.15) is 69.1 Å². The lowest BCUT2D eigenvalue weighted by Gasteiger charge is -2.22. The highest BCUT2D eigenvalue weighted by atomic mass is 32.1. The maximum absolute atomic E-state index is 17.3. The predicted molar refractivity (Wildman–Crippen MR) is 257 cm³/mol. The molecule has 0 N–H and O–H groups in total. The van der Waals surface area contributed by atoms with E-state index < -0.39 is 10.8 Å². The summed E-state index contributed by atoms with van der Waals surface area (Å²) in [5.41, 5.74) is 9.39. The topological polar surface area (TPSA) is 147 Å². The van der Waals surface area contributed by atoms with E-state index in [0.29, 0.717) is 53.7 Å². The molecule has 4 aromatic carbocycles. The van der Waals surface area contributed by atoms with Crippen molar-refractivity contribution in [1.29, 1.82) is 21.0 Å². The molecule has 12 rings (SSSR count). The minimum absolute atomic E-state index is 0.0311. The number of hydrogen-bond donors (Lipinski definition) is 0. The van der Waals surface area contributed by atoms with Gasteiger partial charge in [-0.2, -0.15) is 38.5 Å². The molecule has 0 saturated heterocycles. The molecule has 0 radical (unpaired) electrons. The summed E-state index contributed by atoms with van der Waals surface area (Å²) in [4.78, 5) is 3.53. The summed E-state index contributed by atoms with van der Waals surface area (Å²) >= 11 is 8.06. The highest BCUT2D eigenvalue weighted by Gasteiger charge is 2.47. The van der Waals surface area contributed by atoms with Gasteiger partial charge in [0.05, 0.1) is 42.3 Å². The van der Waals surface area contributed by atoms with E-state index in [1.807, 2.05) is 60.7 Å². The fraction of sp³-hybridized carbons (Fsp3) is 0.125. The first-order chi connectivity index (χ1) is 30.9. The van der Waals surface area contributed by atoms with Crippen molar-refractivity contribution in [2.75, 3.05) is 0 Å². The number of halogens is 2. The first-order valence-corrected chi connectivity index (χ1v) is 24.3. The summed E-state index contributed by atoms with van der Waals surface area (Å²) in [7, 11) is 0. The molecule has 6 heterocycles. The van der Waals surface area contributed by atoms with Gasteiger partial charge in [-0.05, 0) is 69.4 Å². The lowest BCUT2D eigenvalue weighted by molar-refractivity contribution is 0.632. The standard InChI is InChI=1S/C48H22F2N8S6/c1-47(2)27-11-23-13-29(25-7-5-21(9-19(15-51)16-52)37-39(25)57-63-55-37)59-41(23)35(49)31(27)43-33(47)45-46(61-43)34-44(62-45)32-28(48(34,3)4)12-24-14-30(60-42(24)36(32)50)26-8-6-22(10-20(17-53)18-54)38-40(26)58-64-56-38/h5-14H,1-4H3. The summed E-state index contributed by atoms with van der Waals surface area (Å²) in [5.74, 6) is -0.506. The van der Waals surface area contributed by atoms with Crippen molar-refractivity contribution in [3.8, 4) is 66.0 Å². The quantitative estimate of drug-likeness (QED) is 0.158. The number of benzene rings is 4. The molecule has 0 spiro atoms. The molecule has 0 fully saturated rings. The second-order valence-electron chi connectivity index (χ2n) is 16.7. The average Bonchev–Trinajstić information content (AvgIpc) is 4.14. The van der Waals surface area contributed by atoms with Crippen molar-refractivity contribution in [1.82, 2.24) is 17.5 Å². The number of allylic oxidation sites excluding steroid dienone is 2. The largest absolute Gasteiger partial charge is 0.205 e. The molecule has 0 atom stereocenters. The van der Waals surface area contributed by atoms with Crippen LogP contribution in [0.4, 0.5) is 8.78 Å². The van der Waals surface area contributed by atoms with Gasteiger partial charge in [-0.1, -0.05) is 52.0 Å². The van der Waals surface area contributed by atoms with E-state index in [1.165, 1.54) is 34.8 Å². The Morgan fingerprint density at radius 1 is 0.531 bits per heavy atom. The monoisotopic (exact) mass is 940 g/mol. The van der Waals surface area contributed by atoms with Crippen LogP contribution in [0.2, 0.25) is 0 Å². The Morgan fingerprint density at radius 2 is 0.922 bits per heavy atom. The summed E-state index contributed by atoms with van der Waals surface area (Å²) < 4.78 is 55.9. The van der Waals surface area contributed by atoms with Crippen molar-refractivity contribution < 1.29 is 8.78 Å². The van der Waals surface area contributed by atoms with E-state index in [0.717, 1.165) is 96.5 Å². The van der Waals surface area contributed by atoms with Crippen LogP contribution in [0, 0.1) is 57.0 Å². The van der Waals surface area contributed by atoms with Crippen molar-refractivity contribution in [2.24, 2.45) is 0 Å². The molecular weight excluding hydrogens is 919 g/mol. The van der Waals surface area contributed by atoms with E-state index in [4.69, 9.17) is 0 Å². The van der Waals surface area contributed by atoms with E-state index in [9.17, 15) is 21.0 Å². The summed E-state index contributed by atoms with van der Waals surface area (Å²) in [6, 6.07) is 23.3. The minimum atomic E-state index is -0.540. The third-order valence-electron chi connectivity index (χ3n) is 12.6. The number of nitriles is 4. The molecule has 2 aliphatic carbocycles. The molecule has 16 heteroatoms. The first-order valence-electron chi connectivity index (χ1n) is 19.6. The van der Waals surface area contributed by atoms with Crippen LogP contribution >= 0.6 is 68.8 Å². The predicted octanol–water partition coefficient (Wildman–Crippen LogP) is 14.5. The Kier molecular flexibility index (Phi) is 8.21. The number of aromatic nitrogens is 4. The number of rotatable bonds is 4. The SMILES string of the molecule is CC1(C)c2cc3cc(-c4ccc(C=C(C#N)C#N)c5nsnc45)sc3c(F)c2-c2sc3c4c(sc3c21)-c1c(cc2cc(-c3ccc(C=C(C#N)C#N)c5nsnc35)sc2c1F)C4(C)C. The van der Waals surface area contributed by atoms with Gasteiger partial charge in [0.15, 0.2) is 0 Å². The fourth-order valence-corrected chi connectivity index (χ4v) is 16.6. The third kappa shape index (κ3) is 5.09. The fourth-order valence-electron chi connectivity index (χ4n) is 9.56. The van der Waals surface area contributed by atoms with Crippen LogP contribution < -0.4 is 0 Å². The van der Waals surface area contributed by atoms with Crippen LogP contribution in [0.15, 0.2) is 59.7 Å². The Balaban J connectivity index is 0.969. The molecular formula is C48H22F2N8S6. The third-order valence-corrected chi connectivity index (χ3v) is 18.6. The lowest BCUT2D eigenvalue weighted by Crippen LogP contribution is -2.16. The van der Waals surface area contributed by atoms with Crippen molar-refractivity contribution in [2.45, 2.75) is 38.5 Å². The van der Waals surface area contributed by atoms with Crippen LogP contribution in [-0.2, 0) is 10.8 Å². The van der Waals surface area contributed by atoms with Crippen LogP contribution in [-0.4, -0.2) is 17.5 Å². The second-order valence-corrected chi connectivity index (χ2v) is 21.9. The van der Waals surface area contributed by atoms with E-state index >= 15 is 8.78 Å². The molecule has 64 heavy (non-hydrogen) atoms. The highest BCUT2D eigenvalue weighted by Crippen LogP contribution is 2.65. The van der Waals surface area contributed by atoms with E-state index in [1.54, 1.807) is 22.7 Å². The van der Waals surface area contributed by atoms with Crippen molar-refractivity contribution in [3.05, 3.63) is 105 Å². The van der Waals surface area contributed by atoms with Gasteiger partial charge in [-0.25, -0.2) is 8.78 Å². The molecule has 0 amide bonds. The zero-order chi connectivity index (χ0) is 44.1. The van der Waals surface area contributed by atoms with E-state index in [2.05, 4.69) is 57.3 Å². The van der Waals surface area contributed by atoms with Gasteiger partial charge >= 0.3 is 0 Å². The second kappa shape index (κ2) is 13.5. The Hall–Kier alpha value is -6.60. The molecule has 0 aliphatic heterocycles. The van der Waals surface area contributed by atoms with Crippen LogP contribution in [0.25, 0.3) is 106 Å². The Morgan fingerprint density at radius 3 is 1.31 bits per heavy atom. The van der Waals surface area contributed by atoms with Gasteiger partial charge in [-0.3, -0.25) is 0 Å². The van der Waals surface area contributed by atoms with Crippen LogP contribution in [0.5, 0.6) is 0 Å². The molecule has 0 bridgehead atoms. The molecule has 6 aromatic heterocycles. The summed E-state index contributed by atoms with van der Waals surface area (Å²) in [6.45, 7) is 8.61. The molecule has 304 valence electrons. The van der Waals surface area contributed by atoms with Crippen molar-refractivity contribution in [3.63, 3.8) is 0 Å². The smallest absolute Gasteiger partial charge is 0.149 e. The minimum Gasteiger partial charge on any atom is -0.205 e. The normalized spacial score (nSPS) is 14.0. The molecule has 0 saturated carbocycles. The summed E-state index contributed by atoms with van der Waals surface area (Å²) in [5, 5.41) is 38.9. The number of thiophene rings is 4. The lowest BCUT2D eigenvalue weighted by atomic mass is 9.81. The van der Waals surface area contributed by atoms with Crippen LogP contribution in [0.1, 0.15) is 61.1 Å². The average molecular weight is 941 g/mol. The maximum atomic E-state index is 17.3. The maximum Gasteiger partial charge on any atom is 0.149 e. The van der Waals surface area contributed by atoms with E-state index in [-0.39, 0.29) is 22.8 Å². The first kappa shape index (κ1) is 39.0.